The van der Waals surface area contributed by atoms with Gasteiger partial charge in [0.05, 0.1) is 6.54 Å². The van der Waals surface area contributed by atoms with Gasteiger partial charge < -0.3 is 5.11 Å². The summed E-state index contributed by atoms with van der Waals surface area (Å²) >= 11 is 7.19. The summed E-state index contributed by atoms with van der Waals surface area (Å²) in [5, 5.41) is 18.5. The van der Waals surface area contributed by atoms with Crippen molar-refractivity contribution in [3.63, 3.8) is 0 Å². The quantitative estimate of drug-likeness (QED) is 0.504. The Bertz CT molecular complexity index is 1070. The fourth-order valence-corrected chi connectivity index (χ4v) is 5.47. The molecule has 0 aromatic heterocycles. The van der Waals surface area contributed by atoms with Crippen LogP contribution in [0.1, 0.15) is 25.0 Å². The Hall–Kier alpha value is -1.91. The molecule has 0 spiro atoms. The van der Waals surface area contributed by atoms with E-state index < -0.39 is 15.8 Å². The number of benzene rings is 2. The minimum atomic E-state index is -3.87. The van der Waals surface area contributed by atoms with E-state index in [4.69, 9.17) is 11.6 Å². The van der Waals surface area contributed by atoms with Gasteiger partial charge in [-0.1, -0.05) is 79.7 Å². The molecule has 1 aliphatic heterocycles. The Balaban J connectivity index is 2.09. The first-order chi connectivity index (χ1) is 14.7. The van der Waals surface area contributed by atoms with Crippen LogP contribution in [-0.2, 0) is 15.8 Å². The number of amidine groups is 1. The lowest BCUT2D eigenvalue weighted by molar-refractivity contribution is 0.105. The van der Waals surface area contributed by atoms with Crippen LogP contribution in [0.15, 0.2) is 64.1 Å². The first-order valence-electron chi connectivity index (χ1n) is 9.79. The highest BCUT2D eigenvalue weighted by Crippen LogP contribution is 2.34. The normalized spacial score (nSPS) is 19.7. The summed E-state index contributed by atoms with van der Waals surface area (Å²) in [5.41, 5.74) is 0.283. The van der Waals surface area contributed by atoms with Crippen molar-refractivity contribution in [2.75, 3.05) is 25.9 Å². The van der Waals surface area contributed by atoms with Gasteiger partial charge in [-0.05, 0) is 24.0 Å². The first kappa shape index (κ1) is 23.7. The monoisotopic (exact) mass is 480 g/mol. The fraction of sp³-hybridized carbons (Fsp3) is 0.333. The molecule has 7 nitrogen and oxygen atoms in total. The van der Waals surface area contributed by atoms with Crippen molar-refractivity contribution in [3.05, 3.63) is 70.7 Å². The highest BCUT2D eigenvalue weighted by atomic mass is 35.5. The lowest BCUT2D eigenvalue weighted by atomic mass is 9.86. The molecule has 1 unspecified atom stereocenters. The zero-order valence-corrected chi connectivity index (χ0v) is 20.0. The molecule has 3 rings (SSSR count). The predicted octanol–water partition coefficient (Wildman–Crippen LogP) is 3.55. The van der Waals surface area contributed by atoms with Crippen LogP contribution in [0, 0.1) is 0 Å². The molecule has 1 heterocycles. The molecule has 2 aromatic rings. The maximum Gasteiger partial charge on any atom is 0.324 e. The topological polar surface area (TPSA) is 85.6 Å². The Kier molecular flexibility index (Phi) is 7.43. The zero-order chi connectivity index (χ0) is 22.6. The molecule has 10 heteroatoms. The van der Waals surface area contributed by atoms with Crippen molar-refractivity contribution in [3.8, 4) is 0 Å². The van der Waals surface area contributed by atoms with Gasteiger partial charge >= 0.3 is 10.2 Å². The van der Waals surface area contributed by atoms with Crippen LogP contribution < -0.4 is 0 Å². The molecule has 31 heavy (non-hydrogen) atoms. The second-order valence-corrected chi connectivity index (χ2v) is 9.68. The second kappa shape index (κ2) is 9.70. The Morgan fingerprint density at radius 2 is 1.81 bits per heavy atom. The van der Waals surface area contributed by atoms with Gasteiger partial charge in [0, 0.05) is 23.7 Å². The molecular formula is C21H25ClN4O3S2. The number of rotatable bonds is 6. The van der Waals surface area contributed by atoms with Crippen LogP contribution in [0.25, 0.3) is 0 Å². The van der Waals surface area contributed by atoms with E-state index in [2.05, 4.69) is 9.50 Å². The van der Waals surface area contributed by atoms with Gasteiger partial charge in [-0.3, -0.25) is 0 Å². The lowest BCUT2D eigenvalue weighted by Gasteiger charge is -2.26. The highest BCUT2D eigenvalue weighted by Gasteiger charge is 2.44. The van der Waals surface area contributed by atoms with Crippen molar-refractivity contribution >= 4 is 44.5 Å². The van der Waals surface area contributed by atoms with Gasteiger partial charge in [0.2, 0.25) is 0 Å². The largest absolute Gasteiger partial charge is 0.377 e. The molecule has 0 amide bonds. The minimum Gasteiger partial charge on any atom is -0.377 e. The smallest absolute Gasteiger partial charge is 0.324 e. The van der Waals surface area contributed by atoms with Crippen molar-refractivity contribution in [2.45, 2.75) is 19.4 Å². The molecular weight excluding hydrogens is 456 g/mol. The average molecular weight is 481 g/mol. The molecule has 1 N–H and O–H groups in total. The van der Waals surface area contributed by atoms with Crippen molar-refractivity contribution in [2.24, 2.45) is 9.50 Å². The number of thioether (sulfide) groups is 1. The SMILES string of the molecule is CCN(CC)S(=O)(=O)N=C(SC)N1CC(O)(c2ccccc2)C(c2ccc(Cl)cc2)=N1. The van der Waals surface area contributed by atoms with Crippen LogP contribution in [0.5, 0.6) is 0 Å². The van der Waals surface area contributed by atoms with Gasteiger partial charge in [-0.2, -0.15) is 17.8 Å². The minimum absolute atomic E-state index is 0.0302. The molecule has 1 aliphatic rings. The third-order valence-electron chi connectivity index (χ3n) is 4.99. The van der Waals surface area contributed by atoms with Crippen molar-refractivity contribution in [1.29, 1.82) is 0 Å². The van der Waals surface area contributed by atoms with Crippen LogP contribution in [-0.4, -0.2) is 59.6 Å². The maximum atomic E-state index is 12.7. The summed E-state index contributed by atoms with van der Waals surface area (Å²) in [5.74, 6) is 0. The number of β-amino-alcohol motifs (C(OH)–C–C–N with tert-alkyl or cyclic N) is 1. The second-order valence-electron chi connectivity index (χ2n) is 6.88. The average Bonchev–Trinajstić information content (AvgIpc) is 3.12. The Morgan fingerprint density at radius 1 is 1.19 bits per heavy atom. The first-order valence-corrected chi connectivity index (χ1v) is 12.8. The molecule has 0 aliphatic carbocycles. The van der Waals surface area contributed by atoms with Crippen LogP contribution in [0.2, 0.25) is 5.02 Å². The van der Waals surface area contributed by atoms with Gasteiger partial charge in [0.15, 0.2) is 10.8 Å². The summed E-state index contributed by atoms with van der Waals surface area (Å²) in [4.78, 5) is 0. The molecule has 166 valence electrons. The summed E-state index contributed by atoms with van der Waals surface area (Å²) in [7, 11) is -3.87. The third kappa shape index (κ3) is 4.96. The number of hydrogen-bond donors (Lipinski definition) is 1. The molecule has 2 aromatic carbocycles. The van der Waals surface area contributed by atoms with E-state index in [0.29, 0.717) is 35.0 Å². The standard InChI is InChI=1S/C21H25ClN4O3S2/c1-4-25(5-2)31(28,29)24-20(30-3)26-15-21(27,17-9-7-6-8-10-17)19(23-26)16-11-13-18(22)14-12-16/h6-14,27H,4-5,15H2,1-3H3. The van der Waals surface area contributed by atoms with E-state index in [-0.39, 0.29) is 11.7 Å². The highest BCUT2D eigenvalue weighted by molar-refractivity contribution is 8.13. The Labute approximate surface area is 192 Å². The molecule has 0 bridgehead atoms. The van der Waals surface area contributed by atoms with E-state index in [1.165, 1.54) is 9.31 Å². The summed E-state index contributed by atoms with van der Waals surface area (Å²) in [6, 6.07) is 16.2. The maximum absolute atomic E-state index is 12.7. The van der Waals surface area contributed by atoms with Crippen molar-refractivity contribution < 1.29 is 13.5 Å². The zero-order valence-electron chi connectivity index (χ0n) is 17.6. The van der Waals surface area contributed by atoms with Gasteiger partial charge in [0.1, 0.15) is 5.71 Å². The molecule has 0 radical (unpaired) electrons. The molecule has 0 saturated heterocycles. The van der Waals surface area contributed by atoms with Gasteiger partial charge in [-0.15, -0.1) is 4.40 Å². The summed E-state index contributed by atoms with van der Waals surface area (Å²) < 4.78 is 30.7. The van der Waals surface area contributed by atoms with E-state index in [1.807, 2.05) is 30.3 Å². The van der Waals surface area contributed by atoms with Crippen molar-refractivity contribution in [1.82, 2.24) is 9.31 Å². The van der Waals surface area contributed by atoms with Crippen LogP contribution >= 0.6 is 23.4 Å². The van der Waals surface area contributed by atoms with E-state index in [9.17, 15) is 13.5 Å². The van der Waals surface area contributed by atoms with Gasteiger partial charge in [0.25, 0.3) is 0 Å². The molecule has 1 atom stereocenters. The number of aliphatic hydroxyl groups is 1. The Morgan fingerprint density at radius 3 is 2.35 bits per heavy atom. The summed E-state index contributed by atoms with van der Waals surface area (Å²) in [6.45, 7) is 4.18. The van der Waals surface area contributed by atoms with Crippen LogP contribution in [0.3, 0.4) is 0 Å². The third-order valence-corrected chi connectivity index (χ3v) is 7.60. The predicted molar refractivity (Wildman–Crippen MR) is 128 cm³/mol. The number of hydrogen-bond acceptors (Lipinski definition) is 5. The fourth-order valence-electron chi connectivity index (χ4n) is 3.38. The number of hydrazone groups is 1. The molecule has 0 fully saturated rings. The van der Waals surface area contributed by atoms with E-state index in [1.54, 1.807) is 44.4 Å². The van der Waals surface area contributed by atoms with Crippen LogP contribution in [0.4, 0.5) is 0 Å². The number of halogens is 1. The van der Waals surface area contributed by atoms with E-state index >= 15 is 0 Å². The number of nitrogens with zero attached hydrogens (tertiary/aromatic N) is 4. The van der Waals surface area contributed by atoms with E-state index in [0.717, 1.165) is 11.8 Å². The molecule has 0 saturated carbocycles. The lowest BCUT2D eigenvalue weighted by Crippen LogP contribution is -2.40. The summed E-state index contributed by atoms with van der Waals surface area (Å²) in [6.07, 6.45) is 1.73. The van der Waals surface area contributed by atoms with Gasteiger partial charge in [-0.25, -0.2) is 5.01 Å².